The SMILES string of the molecule is CCn1cnc2c(Nc3ccc(NC(=O)OC)cc3)nc(NC3CCC(O)CC3)nc21. The van der Waals surface area contributed by atoms with Crippen molar-refractivity contribution in [1.29, 1.82) is 0 Å². The fourth-order valence-corrected chi connectivity index (χ4v) is 3.67. The van der Waals surface area contributed by atoms with Crippen molar-refractivity contribution in [2.75, 3.05) is 23.1 Å². The molecule has 31 heavy (non-hydrogen) atoms. The second-order valence-electron chi connectivity index (χ2n) is 7.57. The first-order valence-corrected chi connectivity index (χ1v) is 10.4. The van der Waals surface area contributed by atoms with Crippen LogP contribution in [0.1, 0.15) is 32.6 Å². The smallest absolute Gasteiger partial charge is 0.411 e. The van der Waals surface area contributed by atoms with Gasteiger partial charge in [0.15, 0.2) is 17.0 Å². The molecule has 3 aromatic rings. The van der Waals surface area contributed by atoms with Crippen molar-refractivity contribution < 1.29 is 14.6 Å². The number of nitrogens with one attached hydrogen (secondary N) is 3. The van der Waals surface area contributed by atoms with Crippen LogP contribution in [-0.4, -0.2) is 50.0 Å². The third kappa shape index (κ3) is 4.85. The predicted octanol–water partition coefficient (Wildman–Crippen LogP) is 3.48. The van der Waals surface area contributed by atoms with Crippen LogP contribution in [0.2, 0.25) is 0 Å². The number of ether oxygens (including phenoxy) is 1. The Bertz CT molecular complexity index is 1040. The number of carbonyl (C=O) groups excluding carboxylic acids is 1. The van der Waals surface area contributed by atoms with Crippen LogP contribution in [0.25, 0.3) is 11.2 Å². The van der Waals surface area contributed by atoms with Crippen LogP contribution in [0.15, 0.2) is 30.6 Å². The fourth-order valence-electron chi connectivity index (χ4n) is 3.67. The van der Waals surface area contributed by atoms with Crippen molar-refractivity contribution in [1.82, 2.24) is 19.5 Å². The number of hydrogen-bond donors (Lipinski definition) is 4. The lowest BCUT2D eigenvalue weighted by Crippen LogP contribution is -2.29. The van der Waals surface area contributed by atoms with Gasteiger partial charge < -0.3 is 25.0 Å². The summed E-state index contributed by atoms with van der Waals surface area (Å²) in [6.45, 7) is 2.79. The first-order valence-electron chi connectivity index (χ1n) is 10.4. The van der Waals surface area contributed by atoms with Crippen LogP contribution in [0.5, 0.6) is 0 Å². The molecule has 0 unspecified atom stereocenters. The molecule has 1 aliphatic rings. The second-order valence-corrected chi connectivity index (χ2v) is 7.57. The number of aliphatic hydroxyl groups excluding tert-OH is 1. The van der Waals surface area contributed by atoms with Gasteiger partial charge in [0.05, 0.1) is 19.5 Å². The lowest BCUT2D eigenvalue weighted by Gasteiger charge is -2.26. The molecular weight excluding hydrogens is 398 g/mol. The molecule has 4 rings (SSSR count). The van der Waals surface area contributed by atoms with Crippen molar-refractivity contribution in [3.8, 4) is 0 Å². The number of aliphatic hydroxyl groups is 1. The van der Waals surface area contributed by atoms with Crippen LogP contribution in [0.4, 0.5) is 27.9 Å². The highest BCUT2D eigenvalue weighted by atomic mass is 16.5. The molecule has 164 valence electrons. The summed E-state index contributed by atoms with van der Waals surface area (Å²) in [4.78, 5) is 25.2. The molecule has 1 aromatic carbocycles. The van der Waals surface area contributed by atoms with Gasteiger partial charge in [-0.05, 0) is 56.9 Å². The van der Waals surface area contributed by atoms with E-state index in [0.29, 0.717) is 23.0 Å². The minimum Gasteiger partial charge on any atom is -0.453 e. The summed E-state index contributed by atoms with van der Waals surface area (Å²) in [7, 11) is 1.32. The Morgan fingerprint density at radius 3 is 2.55 bits per heavy atom. The van der Waals surface area contributed by atoms with E-state index in [9.17, 15) is 9.90 Å². The van der Waals surface area contributed by atoms with Gasteiger partial charge >= 0.3 is 6.09 Å². The number of nitrogens with zero attached hydrogens (tertiary/aromatic N) is 4. The number of benzene rings is 1. The number of fused-ring (bicyclic) bond motifs is 1. The Morgan fingerprint density at radius 1 is 1.16 bits per heavy atom. The zero-order chi connectivity index (χ0) is 21.8. The average Bonchev–Trinajstić information content (AvgIpc) is 3.20. The lowest BCUT2D eigenvalue weighted by atomic mass is 9.93. The molecule has 0 atom stereocenters. The lowest BCUT2D eigenvalue weighted by molar-refractivity contribution is 0.126. The van der Waals surface area contributed by atoms with E-state index in [1.807, 2.05) is 23.6 Å². The monoisotopic (exact) mass is 425 g/mol. The fraction of sp³-hybridized carbons (Fsp3) is 0.429. The Morgan fingerprint density at radius 2 is 1.87 bits per heavy atom. The molecule has 10 heteroatoms. The summed E-state index contributed by atoms with van der Waals surface area (Å²) in [5.41, 5.74) is 2.86. The highest BCUT2D eigenvalue weighted by molar-refractivity contribution is 5.87. The van der Waals surface area contributed by atoms with E-state index in [-0.39, 0.29) is 12.1 Å². The third-order valence-corrected chi connectivity index (χ3v) is 5.41. The minimum atomic E-state index is -0.519. The van der Waals surface area contributed by atoms with Crippen LogP contribution in [0, 0.1) is 0 Å². The molecular formula is C21H27N7O3. The summed E-state index contributed by atoms with van der Waals surface area (Å²) in [6.07, 6.45) is 4.36. The maximum Gasteiger partial charge on any atom is 0.411 e. The van der Waals surface area contributed by atoms with Gasteiger partial charge in [0.2, 0.25) is 5.95 Å². The molecule has 1 amide bonds. The van der Waals surface area contributed by atoms with Gasteiger partial charge in [-0.3, -0.25) is 5.32 Å². The van der Waals surface area contributed by atoms with Gasteiger partial charge in [-0.2, -0.15) is 9.97 Å². The number of imidazole rings is 1. The van der Waals surface area contributed by atoms with E-state index in [1.165, 1.54) is 7.11 Å². The van der Waals surface area contributed by atoms with E-state index in [2.05, 4.69) is 30.7 Å². The molecule has 2 aromatic heterocycles. The zero-order valence-corrected chi connectivity index (χ0v) is 17.6. The van der Waals surface area contributed by atoms with Gasteiger partial charge in [0, 0.05) is 24.0 Å². The maximum absolute atomic E-state index is 11.4. The first kappa shape index (κ1) is 20.9. The van der Waals surface area contributed by atoms with E-state index < -0.39 is 6.09 Å². The van der Waals surface area contributed by atoms with Gasteiger partial charge in [0.25, 0.3) is 0 Å². The number of anilines is 4. The van der Waals surface area contributed by atoms with Gasteiger partial charge in [-0.15, -0.1) is 0 Å². The Hall–Kier alpha value is -3.40. The van der Waals surface area contributed by atoms with Crippen molar-refractivity contribution >= 4 is 40.4 Å². The van der Waals surface area contributed by atoms with Crippen molar-refractivity contribution in [2.24, 2.45) is 0 Å². The quantitative estimate of drug-likeness (QED) is 0.473. The normalized spacial score (nSPS) is 18.5. The molecule has 0 aliphatic heterocycles. The van der Waals surface area contributed by atoms with E-state index in [4.69, 9.17) is 4.98 Å². The number of hydrogen-bond acceptors (Lipinski definition) is 8. The number of rotatable bonds is 6. The van der Waals surface area contributed by atoms with Gasteiger partial charge in [0.1, 0.15) is 0 Å². The maximum atomic E-state index is 11.4. The highest BCUT2D eigenvalue weighted by Gasteiger charge is 2.21. The number of aromatic nitrogens is 4. The Labute approximate surface area is 180 Å². The van der Waals surface area contributed by atoms with Crippen molar-refractivity contribution in [2.45, 2.75) is 51.3 Å². The molecule has 1 fully saturated rings. The van der Waals surface area contributed by atoms with E-state index in [0.717, 1.165) is 43.6 Å². The molecule has 1 saturated carbocycles. The standard InChI is InChI=1S/C21H27N7O3/c1-3-28-12-22-17-18(23-13-4-6-15(7-5-13)25-21(30)31-2)26-20(27-19(17)28)24-14-8-10-16(29)11-9-14/h4-7,12,14,16,29H,3,8-11H2,1-2H3,(H,25,30)(H2,23,24,26,27). The number of amides is 1. The Kier molecular flexibility index (Phi) is 6.17. The summed E-state index contributed by atoms with van der Waals surface area (Å²) >= 11 is 0. The van der Waals surface area contributed by atoms with Crippen molar-refractivity contribution in [3.05, 3.63) is 30.6 Å². The topological polar surface area (TPSA) is 126 Å². The summed E-state index contributed by atoms with van der Waals surface area (Å²) in [5, 5.41) is 19.1. The van der Waals surface area contributed by atoms with Gasteiger partial charge in [-0.1, -0.05) is 0 Å². The van der Waals surface area contributed by atoms with Gasteiger partial charge in [-0.25, -0.2) is 9.78 Å². The zero-order valence-electron chi connectivity index (χ0n) is 17.6. The minimum absolute atomic E-state index is 0.211. The third-order valence-electron chi connectivity index (χ3n) is 5.41. The van der Waals surface area contributed by atoms with Crippen LogP contribution < -0.4 is 16.0 Å². The molecule has 0 radical (unpaired) electrons. The number of carbonyl (C=O) groups is 1. The van der Waals surface area contributed by atoms with E-state index in [1.54, 1.807) is 18.5 Å². The van der Waals surface area contributed by atoms with Crippen LogP contribution in [-0.2, 0) is 11.3 Å². The van der Waals surface area contributed by atoms with E-state index >= 15 is 0 Å². The molecule has 10 nitrogen and oxygen atoms in total. The highest BCUT2D eigenvalue weighted by Crippen LogP contribution is 2.27. The number of aryl methyl sites for hydroxylation is 1. The molecule has 0 saturated heterocycles. The van der Waals surface area contributed by atoms with Crippen molar-refractivity contribution in [3.63, 3.8) is 0 Å². The molecule has 1 aliphatic carbocycles. The van der Waals surface area contributed by atoms with Crippen LogP contribution >= 0.6 is 0 Å². The van der Waals surface area contributed by atoms with Crippen LogP contribution in [0.3, 0.4) is 0 Å². The molecule has 0 bridgehead atoms. The average molecular weight is 425 g/mol. The summed E-state index contributed by atoms with van der Waals surface area (Å²) in [6, 6.07) is 7.45. The predicted molar refractivity (Wildman–Crippen MR) is 119 cm³/mol. The summed E-state index contributed by atoms with van der Waals surface area (Å²) < 4.78 is 6.58. The Balaban J connectivity index is 1.58. The molecule has 2 heterocycles. The largest absolute Gasteiger partial charge is 0.453 e. The first-order chi connectivity index (χ1) is 15.1. The molecule has 4 N–H and O–H groups in total. The summed E-state index contributed by atoms with van der Waals surface area (Å²) in [5.74, 6) is 1.14. The number of methoxy groups -OCH3 is 1. The molecule has 0 spiro atoms. The second kappa shape index (κ2) is 9.17.